The van der Waals surface area contributed by atoms with Crippen molar-refractivity contribution >= 4 is 17.5 Å². The minimum absolute atomic E-state index is 0.0213. The van der Waals surface area contributed by atoms with Crippen LogP contribution in [0.4, 0.5) is 0 Å². The van der Waals surface area contributed by atoms with Crippen molar-refractivity contribution in [1.82, 2.24) is 10.2 Å². The summed E-state index contributed by atoms with van der Waals surface area (Å²) >= 11 is 6.03. The van der Waals surface area contributed by atoms with Crippen molar-refractivity contribution in [2.24, 2.45) is 0 Å². The minimum Gasteiger partial charge on any atom is -0.482 e. The van der Waals surface area contributed by atoms with E-state index in [0.717, 1.165) is 12.1 Å². The number of nitrogens with one attached hydrogen (secondary N) is 1. The van der Waals surface area contributed by atoms with Gasteiger partial charge in [0.2, 0.25) is 0 Å². The molecule has 0 bridgehead atoms. The van der Waals surface area contributed by atoms with Gasteiger partial charge in [-0.2, -0.15) is 0 Å². The molecule has 1 aromatic rings. The van der Waals surface area contributed by atoms with Gasteiger partial charge in [0.25, 0.3) is 5.91 Å². The van der Waals surface area contributed by atoms with Crippen LogP contribution in [0.25, 0.3) is 0 Å². The van der Waals surface area contributed by atoms with Crippen LogP contribution in [0.5, 0.6) is 5.75 Å². The van der Waals surface area contributed by atoms with Crippen LogP contribution in [-0.2, 0) is 4.79 Å². The van der Waals surface area contributed by atoms with E-state index in [1.54, 1.807) is 6.07 Å². The quantitative estimate of drug-likeness (QED) is 0.797. The molecule has 22 heavy (non-hydrogen) atoms. The summed E-state index contributed by atoms with van der Waals surface area (Å²) in [4.78, 5) is 14.2. The highest BCUT2D eigenvalue weighted by Gasteiger charge is 2.13. The Bertz CT molecular complexity index is 482. The number of aryl methyl sites for hydroxylation is 1. The van der Waals surface area contributed by atoms with Crippen LogP contribution in [0.1, 0.15) is 33.3 Å². The third-order valence-corrected chi connectivity index (χ3v) is 3.78. The first-order valence-corrected chi connectivity index (χ1v) is 8.10. The Labute approximate surface area is 138 Å². The van der Waals surface area contributed by atoms with E-state index in [4.69, 9.17) is 16.3 Å². The van der Waals surface area contributed by atoms with Crippen molar-refractivity contribution in [3.05, 3.63) is 28.8 Å². The largest absolute Gasteiger partial charge is 0.482 e. The standard InChI is InChI=1S/C17H27ClN2O2/c1-12(2)20(13(3)4)9-8-19-17(21)11-22-16-10-14(5)6-7-15(16)18/h6-7,10,12-13H,8-9,11H2,1-5H3,(H,19,21). The van der Waals surface area contributed by atoms with Gasteiger partial charge in [-0.3, -0.25) is 9.69 Å². The molecule has 0 fully saturated rings. The maximum Gasteiger partial charge on any atom is 0.257 e. The van der Waals surface area contributed by atoms with E-state index in [0.29, 0.717) is 29.4 Å². The number of benzene rings is 1. The molecule has 124 valence electrons. The van der Waals surface area contributed by atoms with Gasteiger partial charge in [-0.25, -0.2) is 0 Å². The molecule has 1 rings (SSSR count). The van der Waals surface area contributed by atoms with Gasteiger partial charge < -0.3 is 10.1 Å². The molecule has 0 aliphatic rings. The van der Waals surface area contributed by atoms with Crippen molar-refractivity contribution in [2.75, 3.05) is 19.7 Å². The Kier molecular flexibility index (Phi) is 7.69. The number of amides is 1. The van der Waals surface area contributed by atoms with Crippen molar-refractivity contribution in [3.63, 3.8) is 0 Å². The van der Waals surface area contributed by atoms with E-state index in [-0.39, 0.29) is 12.5 Å². The lowest BCUT2D eigenvalue weighted by atomic mass is 10.2. The lowest BCUT2D eigenvalue weighted by molar-refractivity contribution is -0.123. The van der Waals surface area contributed by atoms with Crippen LogP contribution in [0.2, 0.25) is 5.02 Å². The van der Waals surface area contributed by atoms with E-state index in [2.05, 4.69) is 37.9 Å². The molecule has 1 aromatic carbocycles. The van der Waals surface area contributed by atoms with Gasteiger partial charge in [-0.05, 0) is 52.3 Å². The Morgan fingerprint density at radius 1 is 1.27 bits per heavy atom. The molecule has 0 heterocycles. The lowest BCUT2D eigenvalue weighted by Gasteiger charge is -2.30. The fourth-order valence-electron chi connectivity index (χ4n) is 2.35. The molecular formula is C17H27ClN2O2. The molecule has 5 heteroatoms. The fourth-order valence-corrected chi connectivity index (χ4v) is 2.52. The van der Waals surface area contributed by atoms with Gasteiger partial charge in [0.15, 0.2) is 6.61 Å². The monoisotopic (exact) mass is 326 g/mol. The first-order valence-electron chi connectivity index (χ1n) is 7.72. The van der Waals surface area contributed by atoms with Gasteiger partial charge in [-0.15, -0.1) is 0 Å². The van der Waals surface area contributed by atoms with Crippen molar-refractivity contribution in [3.8, 4) is 5.75 Å². The third-order valence-electron chi connectivity index (χ3n) is 3.46. The second kappa shape index (κ2) is 9.01. The molecule has 1 amide bonds. The summed E-state index contributed by atoms with van der Waals surface area (Å²) in [5, 5.41) is 3.40. The fraction of sp³-hybridized carbons (Fsp3) is 0.588. The van der Waals surface area contributed by atoms with Crippen molar-refractivity contribution < 1.29 is 9.53 Å². The molecule has 0 atom stereocenters. The van der Waals surface area contributed by atoms with Crippen LogP contribution < -0.4 is 10.1 Å². The van der Waals surface area contributed by atoms with Crippen LogP contribution in [0.15, 0.2) is 18.2 Å². The normalized spacial score (nSPS) is 11.3. The summed E-state index contributed by atoms with van der Waals surface area (Å²) < 4.78 is 5.47. The first kappa shape index (κ1) is 18.8. The molecule has 0 unspecified atom stereocenters. The highest BCUT2D eigenvalue weighted by Crippen LogP contribution is 2.24. The Morgan fingerprint density at radius 3 is 2.50 bits per heavy atom. The second-order valence-electron chi connectivity index (χ2n) is 6.00. The molecule has 0 aliphatic carbocycles. The van der Waals surface area contributed by atoms with Gasteiger partial charge in [0, 0.05) is 25.2 Å². The van der Waals surface area contributed by atoms with E-state index in [9.17, 15) is 4.79 Å². The predicted octanol–water partition coefficient (Wildman–Crippen LogP) is 3.26. The summed E-state index contributed by atoms with van der Waals surface area (Å²) in [5.74, 6) is 0.410. The number of halogens is 1. The van der Waals surface area contributed by atoms with Gasteiger partial charge >= 0.3 is 0 Å². The zero-order chi connectivity index (χ0) is 16.7. The smallest absolute Gasteiger partial charge is 0.257 e. The molecule has 0 radical (unpaired) electrons. The zero-order valence-electron chi connectivity index (χ0n) is 14.1. The van der Waals surface area contributed by atoms with Gasteiger partial charge in [0.1, 0.15) is 5.75 Å². The number of hydrogen-bond donors (Lipinski definition) is 1. The maximum atomic E-state index is 11.8. The first-order chi connectivity index (χ1) is 10.3. The number of hydrogen-bond acceptors (Lipinski definition) is 3. The molecule has 1 N–H and O–H groups in total. The SMILES string of the molecule is Cc1ccc(Cl)c(OCC(=O)NCCN(C(C)C)C(C)C)c1. The second-order valence-corrected chi connectivity index (χ2v) is 6.41. The zero-order valence-corrected chi connectivity index (χ0v) is 14.9. The topological polar surface area (TPSA) is 41.6 Å². The Hall–Kier alpha value is -1.26. The van der Waals surface area contributed by atoms with Crippen LogP contribution in [0, 0.1) is 6.92 Å². The number of carbonyl (C=O) groups excluding carboxylic acids is 1. The highest BCUT2D eigenvalue weighted by atomic mass is 35.5. The molecule has 0 saturated carbocycles. The Morgan fingerprint density at radius 2 is 1.91 bits per heavy atom. The van der Waals surface area contributed by atoms with Crippen LogP contribution in [-0.4, -0.2) is 42.6 Å². The van der Waals surface area contributed by atoms with E-state index < -0.39 is 0 Å². The lowest BCUT2D eigenvalue weighted by Crippen LogP contribution is -2.43. The van der Waals surface area contributed by atoms with Crippen LogP contribution in [0.3, 0.4) is 0 Å². The van der Waals surface area contributed by atoms with E-state index >= 15 is 0 Å². The van der Waals surface area contributed by atoms with Crippen LogP contribution >= 0.6 is 11.6 Å². The molecule has 0 aromatic heterocycles. The maximum absolute atomic E-state index is 11.8. The summed E-state index contributed by atoms with van der Waals surface area (Å²) in [6.45, 7) is 12.0. The summed E-state index contributed by atoms with van der Waals surface area (Å²) in [5.41, 5.74) is 1.05. The number of carbonyl (C=O) groups is 1. The van der Waals surface area contributed by atoms with E-state index in [1.165, 1.54) is 0 Å². The molecule has 0 saturated heterocycles. The van der Waals surface area contributed by atoms with Gasteiger partial charge in [-0.1, -0.05) is 17.7 Å². The predicted molar refractivity (Wildman–Crippen MR) is 91.7 cm³/mol. The number of ether oxygens (including phenoxy) is 1. The Balaban J connectivity index is 2.36. The van der Waals surface area contributed by atoms with E-state index in [1.807, 2.05) is 19.1 Å². The summed E-state index contributed by atoms with van der Waals surface area (Å²) in [6.07, 6.45) is 0. The number of nitrogens with zero attached hydrogens (tertiary/aromatic N) is 1. The average molecular weight is 327 g/mol. The molecular weight excluding hydrogens is 300 g/mol. The van der Waals surface area contributed by atoms with Crippen molar-refractivity contribution in [2.45, 2.75) is 46.7 Å². The molecule has 0 spiro atoms. The number of rotatable bonds is 8. The van der Waals surface area contributed by atoms with Gasteiger partial charge in [0.05, 0.1) is 5.02 Å². The highest BCUT2D eigenvalue weighted by molar-refractivity contribution is 6.32. The third kappa shape index (κ3) is 6.24. The van der Waals surface area contributed by atoms with Crippen molar-refractivity contribution in [1.29, 1.82) is 0 Å². The summed E-state index contributed by atoms with van der Waals surface area (Å²) in [7, 11) is 0. The average Bonchev–Trinajstić information content (AvgIpc) is 2.43. The summed E-state index contributed by atoms with van der Waals surface area (Å²) in [6, 6.07) is 6.42. The molecule has 4 nitrogen and oxygen atoms in total. The minimum atomic E-state index is -0.134. The molecule has 0 aliphatic heterocycles.